The van der Waals surface area contributed by atoms with Crippen LogP contribution in [0.2, 0.25) is 0 Å². The van der Waals surface area contributed by atoms with E-state index in [2.05, 4.69) is 10.6 Å². The molecule has 2 unspecified atom stereocenters. The lowest BCUT2D eigenvalue weighted by molar-refractivity contribution is -0.149. The van der Waals surface area contributed by atoms with E-state index in [0.29, 0.717) is 11.1 Å². The number of carbonyl (C=O) groups excluding carboxylic acids is 3. The highest BCUT2D eigenvalue weighted by molar-refractivity contribution is 5.93. The van der Waals surface area contributed by atoms with Gasteiger partial charge in [-0.15, -0.1) is 0 Å². The van der Waals surface area contributed by atoms with Crippen molar-refractivity contribution in [1.82, 2.24) is 15.5 Å². The number of aryl methyl sites for hydroxylation is 1. The van der Waals surface area contributed by atoms with Gasteiger partial charge in [-0.05, 0) is 80.7 Å². The third-order valence-corrected chi connectivity index (χ3v) is 5.13. The van der Waals surface area contributed by atoms with Crippen LogP contribution in [-0.4, -0.2) is 50.6 Å². The molecule has 2 atom stereocenters. The fourth-order valence-corrected chi connectivity index (χ4v) is 3.68. The minimum Gasteiger partial charge on any atom is -0.507 e. The molecule has 0 heterocycles. The number of alkyl carbamates (subject to hydrolysis) is 1. The first kappa shape index (κ1) is 30.3. The number of phenols is 1. The van der Waals surface area contributed by atoms with Crippen molar-refractivity contribution in [2.24, 2.45) is 5.92 Å². The Balaban J connectivity index is 3.68. The first-order chi connectivity index (χ1) is 15.7. The van der Waals surface area contributed by atoms with Gasteiger partial charge in [-0.25, -0.2) is 4.79 Å². The Labute approximate surface area is 210 Å². The van der Waals surface area contributed by atoms with Crippen LogP contribution >= 0.6 is 0 Å². The number of aromatic hydroxyl groups is 1. The van der Waals surface area contributed by atoms with Crippen LogP contribution in [0.1, 0.15) is 93.3 Å². The molecule has 0 aliphatic carbocycles. The molecule has 8 nitrogen and oxygen atoms in total. The first-order valence-electron chi connectivity index (χ1n) is 12.1. The summed E-state index contributed by atoms with van der Waals surface area (Å²) in [5.74, 6) is -1.23. The van der Waals surface area contributed by atoms with Gasteiger partial charge in [0.2, 0.25) is 11.8 Å². The molecule has 8 heteroatoms. The van der Waals surface area contributed by atoms with E-state index in [-0.39, 0.29) is 11.7 Å². The lowest BCUT2D eigenvalue weighted by Crippen LogP contribution is -2.60. The van der Waals surface area contributed by atoms with Crippen LogP contribution in [0, 0.1) is 12.8 Å². The molecule has 0 aromatic heterocycles. The quantitative estimate of drug-likeness (QED) is 0.528. The van der Waals surface area contributed by atoms with Crippen LogP contribution in [0.25, 0.3) is 0 Å². The van der Waals surface area contributed by atoms with Crippen molar-refractivity contribution >= 4 is 17.9 Å². The summed E-state index contributed by atoms with van der Waals surface area (Å²) in [5, 5.41) is 16.6. The smallest absolute Gasteiger partial charge is 0.408 e. The minimum atomic E-state index is -1.14. The summed E-state index contributed by atoms with van der Waals surface area (Å²) in [7, 11) is 0. The monoisotopic (exact) mass is 491 g/mol. The number of nitrogens with one attached hydrogen (secondary N) is 2. The number of rotatable bonds is 6. The van der Waals surface area contributed by atoms with E-state index < -0.39 is 46.7 Å². The largest absolute Gasteiger partial charge is 0.507 e. The number of amides is 3. The maximum Gasteiger partial charge on any atom is 0.408 e. The highest BCUT2D eigenvalue weighted by atomic mass is 16.6. The van der Waals surface area contributed by atoms with Crippen molar-refractivity contribution in [2.45, 2.75) is 112 Å². The second kappa shape index (κ2) is 10.9. The summed E-state index contributed by atoms with van der Waals surface area (Å²) >= 11 is 0. The van der Waals surface area contributed by atoms with Crippen LogP contribution in [0.15, 0.2) is 18.2 Å². The number of benzene rings is 1. The zero-order valence-corrected chi connectivity index (χ0v) is 23.5. The Bertz CT molecular complexity index is 920. The summed E-state index contributed by atoms with van der Waals surface area (Å²) in [4.78, 5) is 41.8. The number of carbonyl (C=O) groups is 3. The van der Waals surface area contributed by atoms with Crippen molar-refractivity contribution in [1.29, 1.82) is 0 Å². The van der Waals surface area contributed by atoms with E-state index >= 15 is 0 Å². The SMILES string of the molecule is Cc1cccc(C(C(=O)NC(C)(C)C)N(C(=O)C(NC(=O)OC(C)(C)C)C(C)C)C(C)(C)C)c1O. The maximum absolute atomic E-state index is 14.1. The second-order valence-corrected chi connectivity index (χ2v) is 12.4. The molecule has 0 fully saturated rings. The molecule has 0 saturated carbocycles. The van der Waals surface area contributed by atoms with E-state index in [1.54, 1.807) is 45.9 Å². The molecule has 35 heavy (non-hydrogen) atoms. The molecule has 0 bridgehead atoms. The fourth-order valence-electron chi connectivity index (χ4n) is 3.68. The topological polar surface area (TPSA) is 108 Å². The molecule has 3 N–H and O–H groups in total. The molecule has 3 amide bonds. The molecular formula is C27H45N3O5. The summed E-state index contributed by atoms with van der Waals surface area (Å²) in [6, 6.07) is 3.03. The Morgan fingerprint density at radius 2 is 1.51 bits per heavy atom. The van der Waals surface area contributed by atoms with Crippen LogP contribution < -0.4 is 10.6 Å². The predicted octanol–water partition coefficient (Wildman–Crippen LogP) is 4.83. The minimum absolute atomic E-state index is 0.0511. The molecule has 0 aliphatic rings. The lowest BCUT2D eigenvalue weighted by atomic mass is 9.91. The van der Waals surface area contributed by atoms with Gasteiger partial charge in [0, 0.05) is 16.6 Å². The number of para-hydroxylation sites is 1. The fraction of sp³-hybridized carbons (Fsp3) is 0.667. The van der Waals surface area contributed by atoms with E-state index in [1.165, 1.54) is 4.90 Å². The van der Waals surface area contributed by atoms with Crippen LogP contribution in [-0.2, 0) is 14.3 Å². The number of hydrogen-bond acceptors (Lipinski definition) is 5. The highest BCUT2D eigenvalue weighted by Crippen LogP contribution is 2.36. The highest BCUT2D eigenvalue weighted by Gasteiger charge is 2.44. The standard InChI is InChI=1S/C27H45N3O5/c1-16(2)19(28-24(34)35-27(10,11)12)23(33)30(26(7,8)9)20(22(32)29-25(4,5)6)18-15-13-14-17(3)21(18)31/h13-16,19-20,31H,1-12H3,(H,28,34)(H,29,32). The zero-order chi connectivity index (χ0) is 27.5. The van der Waals surface area contributed by atoms with Crippen molar-refractivity contribution in [3.8, 4) is 5.75 Å². The third-order valence-electron chi connectivity index (χ3n) is 5.13. The van der Waals surface area contributed by atoms with Gasteiger partial charge < -0.3 is 25.4 Å². The Morgan fingerprint density at radius 1 is 0.971 bits per heavy atom. The molecule has 1 aromatic carbocycles. The number of nitrogens with zero attached hydrogens (tertiary/aromatic N) is 1. The van der Waals surface area contributed by atoms with Crippen LogP contribution in [0.4, 0.5) is 4.79 Å². The van der Waals surface area contributed by atoms with E-state index in [0.717, 1.165) is 0 Å². The molecule has 0 radical (unpaired) electrons. The average molecular weight is 492 g/mol. The van der Waals surface area contributed by atoms with Gasteiger partial charge in [0.05, 0.1) is 0 Å². The van der Waals surface area contributed by atoms with Gasteiger partial charge in [-0.3, -0.25) is 9.59 Å². The van der Waals surface area contributed by atoms with Gasteiger partial charge in [0.15, 0.2) is 0 Å². The number of phenolic OH excluding ortho intramolecular Hbond substituents is 1. The molecule has 1 rings (SSSR count). The molecule has 0 aliphatic heterocycles. The van der Waals surface area contributed by atoms with Crippen molar-refractivity contribution < 1.29 is 24.2 Å². The van der Waals surface area contributed by atoms with Gasteiger partial charge in [-0.1, -0.05) is 32.0 Å². The second-order valence-electron chi connectivity index (χ2n) is 12.4. The summed E-state index contributed by atoms with van der Waals surface area (Å²) < 4.78 is 5.39. The molecule has 0 saturated heterocycles. The molecule has 0 spiro atoms. The van der Waals surface area contributed by atoms with Gasteiger partial charge in [0.25, 0.3) is 0 Å². The zero-order valence-electron chi connectivity index (χ0n) is 23.5. The molecule has 1 aromatic rings. The Morgan fingerprint density at radius 3 is 1.94 bits per heavy atom. The third kappa shape index (κ3) is 8.75. The first-order valence-corrected chi connectivity index (χ1v) is 12.1. The number of hydrogen-bond donors (Lipinski definition) is 3. The van der Waals surface area contributed by atoms with E-state index in [9.17, 15) is 19.5 Å². The number of ether oxygens (including phenoxy) is 1. The van der Waals surface area contributed by atoms with Gasteiger partial charge >= 0.3 is 6.09 Å². The van der Waals surface area contributed by atoms with Crippen LogP contribution in [0.3, 0.4) is 0 Å². The van der Waals surface area contributed by atoms with Gasteiger partial charge in [-0.2, -0.15) is 0 Å². The average Bonchev–Trinajstić information content (AvgIpc) is 2.62. The van der Waals surface area contributed by atoms with E-state index in [1.807, 2.05) is 55.4 Å². The predicted molar refractivity (Wildman–Crippen MR) is 138 cm³/mol. The van der Waals surface area contributed by atoms with Crippen molar-refractivity contribution in [3.63, 3.8) is 0 Å². The summed E-state index contributed by atoms with van der Waals surface area (Å²) in [6.07, 6.45) is -0.715. The van der Waals surface area contributed by atoms with Crippen LogP contribution in [0.5, 0.6) is 5.75 Å². The normalized spacial score (nSPS) is 14.2. The van der Waals surface area contributed by atoms with Gasteiger partial charge in [0.1, 0.15) is 23.4 Å². The summed E-state index contributed by atoms with van der Waals surface area (Å²) in [6.45, 7) is 21.6. The van der Waals surface area contributed by atoms with Crippen molar-refractivity contribution in [3.05, 3.63) is 29.3 Å². The Kier molecular flexibility index (Phi) is 9.40. The summed E-state index contributed by atoms with van der Waals surface area (Å²) in [5.41, 5.74) is -1.25. The van der Waals surface area contributed by atoms with Crippen molar-refractivity contribution in [2.75, 3.05) is 0 Å². The molecular weight excluding hydrogens is 446 g/mol. The van der Waals surface area contributed by atoms with E-state index in [4.69, 9.17) is 4.74 Å². The maximum atomic E-state index is 14.1. The lowest BCUT2D eigenvalue weighted by Gasteiger charge is -2.44. The molecule has 198 valence electrons. The Hall–Kier alpha value is -2.77.